The molecule has 0 radical (unpaired) electrons. The minimum Gasteiger partial charge on any atom is -0.352 e. The fraction of sp³-hybridized carbons (Fsp3) is 0.909. The zero-order valence-electron chi connectivity index (χ0n) is 10.0. The van der Waals surface area contributed by atoms with Crippen molar-refractivity contribution in [1.29, 1.82) is 0 Å². The molecule has 0 spiro atoms. The van der Waals surface area contributed by atoms with E-state index in [-0.39, 0.29) is 11.9 Å². The van der Waals surface area contributed by atoms with Crippen LogP contribution in [0.2, 0.25) is 0 Å². The maximum Gasteiger partial charge on any atom is 0.220 e. The summed E-state index contributed by atoms with van der Waals surface area (Å²) >= 11 is 0. The fourth-order valence-corrected chi connectivity index (χ4v) is 2.08. The standard InChI is InChI=1S/C11H23N3O/c1-9(8-14(2)3)13-11(15)6-10-4-5-12-7-10/h9-10,12H,4-8H2,1-3H3,(H,13,15). The molecule has 0 saturated carbocycles. The van der Waals surface area contributed by atoms with Gasteiger partial charge < -0.3 is 15.5 Å². The zero-order chi connectivity index (χ0) is 11.3. The first-order chi connectivity index (χ1) is 7.08. The van der Waals surface area contributed by atoms with Crippen molar-refractivity contribution in [3.63, 3.8) is 0 Å². The van der Waals surface area contributed by atoms with E-state index in [1.54, 1.807) is 0 Å². The number of likely N-dealkylation sites (N-methyl/N-ethyl adjacent to an activating group) is 1. The molecular weight excluding hydrogens is 190 g/mol. The Morgan fingerprint density at radius 1 is 1.60 bits per heavy atom. The van der Waals surface area contributed by atoms with E-state index in [1.807, 2.05) is 21.0 Å². The van der Waals surface area contributed by atoms with Crippen molar-refractivity contribution >= 4 is 5.91 Å². The van der Waals surface area contributed by atoms with Gasteiger partial charge in [-0.1, -0.05) is 0 Å². The van der Waals surface area contributed by atoms with Crippen LogP contribution in [0.25, 0.3) is 0 Å². The zero-order valence-corrected chi connectivity index (χ0v) is 10.0. The molecule has 88 valence electrons. The Bertz CT molecular complexity index is 200. The van der Waals surface area contributed by atoms with Gasteiger partial charge in [-0.05, 0) is 46.4 Å². The number of nitrogens with one attached hydrogen (secondary N) is 2. The molecule has 0 aliphatic carbocycles. The lowest BCUT2D eigenvalue weighted by Crippen LogP contribution is -2.40. The molecule has 1 heterocycles. The predicted molar refractivity (Wildman–Crippen MR) is 61.8 cm³/mol. The maximum atomic E-state index is 11.6. The third kappa shape index (κ3) is 5.14. The van der Waals surface area contributed by atoms with Gasteiger partial charge in [-0.2, -0.15) is 0 Å². The highest BCUT2D eigenvalue weighted by Crippen LogP contribution is 2.11. The summed E-state index contributed by atoms with van der Waals surface area (Å²) in [4.78, 5) is 13.7. The molecule has 1 rings (SSSR count). The van der Waals surface area contributed by atoms with E-state index in [0.717, 1.165) is 26.1 Å². The number of carbonyl (C=O) groups is 1. The second-order valence-corrected chi connectivity index (χ2v) is 4.79. The average Bonchev–Trinajstić information content (AvgIpc) is 2.53. The molecule has 2 N–H and O–H groups in total. The van der Waals surface area contributed by atoms with Gasteiger partial charge in [0, 0.05) is 19.0 Å². The molecule has 0 bridgehead atoms. The van der Waals surface area contributed by atoms with Crippen molar-refractivity contribution in [1.82, 2.24) is 15.5 Å². The van der Waals surface area contributed by atoms with Crippen molar-refractivity contribution in [2.75, 3.05) is 33.7 Å². The van der Waals surface area contributed by atoms with E-state index in [9.17, 15) is 4.79 Å². The van der Waals surface area contributed by atoms with Crippen LogP contribution < -0.4 is 10.6 Å². The summed E-state index contributed by atoms with van der Waals surface area (Å²) in [5, 5.41) is 6.30. The summed E-state index contributed by atoms with van der Waals surface area (Å²) < 4.78 is 0. The van der Waals surface area contributed by atoms with Gasteiger partial charge in [0.05, 0.1) is 0 Å². The van der Waals surface area contributed by atoms with Crippen LogP contribution in [0.1, 0.15) is 19.8 Å². The molecule has 1 saturated heterocycles. The van der Waals surface area contributed by atoms with Crippen LogP contribution >= 0.6 is 0 Å². The maximum absolute atomic E-state index is 11.6. The second kappa shape index (κ2) is 6.08. The largest absolute Gasteiger partial charge is 0.352 e. The minimum atomic E-state index is 0.193. The summed E-state index contributed by atoms with van der Waals surface area (Å²) in [5.74, 6) is 0.731. The van der Waals surface area contributed by atoms with E-state index < -0.39 is 0 Å². The van der Waals surface area contributed by atoms with Crippen LogP contribution in [0, 0.1) is 5.92 Å². The molecule has 1 aliphatic heterocycles. The van der Waals surface area contributed by atoms with Crippen LogP contribution in [0.3, 0.4) is 0 Å². The van der Waals surface area contributed by atoms with Gasteiger partial charge in [-0.3, -0.25) is 4.79 Å². The highest BCUT2D eigenvalue weighted by atomic mass is 16.1. The van der Waals surface area contributed by atoms with Gasteiger partial charge >= 0.3 is 0 Å². The molecule has 15 heavy (non-hydrogen) atoms. The van der Waals surface area contributed by atoms with Crippen molar-refractivity contribution in [2.45, 2.75) is 25.8 Å². The van der Waals surface area contributed by atoms with Gasteiger partial charge in [0.25, 0.3) is 0 Å². The van der Waals surface area contributed by atoms with Gasteiger partial charge in [0.2, 0.25) is 5.91 Å². The number of carbonyl (C=O) groups excluding carboxylic acids is 1. The molecule has 4 heteroatoms. The third-order valence-electron chi connectivity index (χ3n) is 2.68. The Morgan fingerprint density at radius 2 is 2.33 bits per heavy atom. The molecule has 0 aromatic rings. The molecular formula is C11H23N3O. The van der Waals surface area contributed by atoms with Gasteiger partial charge in [0.1, 0.15) is 0 Å². The first-order valence-electron chi connectivity index (χ1n) is 5.72. The van der Waals surface area contributed by atoms with Gasteiger partial charge in [-0.25, -0.2) is 0 Å². The van der Waals surface area contributed by atoms with E-state index in [0.29, 0.717) is 12.3 Å². The number of amides is 1. The Labute approximate surface area is 92.4 Å². The quantitative estimate of drug-likeness (QED) is 0.678. The SMILES string of the molecule is CC(CN(C)C)NC(=O)CC1CCNC1. The molecule has 4 nitrogen and oxygen atoms in total. The van der Waals surface area contributed by atoms with Crippen molar-refractivity contribution < 1.29 is 4.79 Å². The smallest absolute Gasteiger partial charge is 0.220 e. The molecule has 1 fully saturated rings. The van der Waals surface area contributed by atoms with Crippen molar-refractivity contribution in [3.8, 4) is 0 Å². The highest BCUT2D eigenvalue weighted by molar-refractivity contribution is 5.76. The summed E-state index contributed by atoms with van der Waals surface area (Å²) in [7, 11) is 4.03. The number of hydrogen-bond acceptors (Lipinski definition) is 3. The molecule has 1 amide bonds. The van der Waals surface area contributed by atoms with Crippen LogP contribution in [0.15, 0.2) is 0 Å². The molecule has 2 atom stereocenters. The van der Waals surface area contributed by atoms with Crippen molar-refractivity contribution in [3.05, 3.63) is 0 Å². The van der Waals surface area contributed by atoms with Crippen LogP contribution in [0.4, 0.5) is 0 Å². The van der Waals surface area contributed by atoms with E-state index in [2.05, 4.69) is 15.5 Å². The summed E-state index contributed by atoms with van der Waals surface area (Å²) in [5.41, 5.74) is 0. The highest BCUT2D eigenvalue weighted by Gasteiger charge is 2.18. The average molecular weight is 213 g/mol. The molecule has 0 aromatic heterocycles. The lowest BCUT2D eigenvalue weighted by atomic mass is 10.0. The lowest BCUT2D eigenvalue weighted by molar-refractivity contribution is -0.122. The predicted octanol–water partition coefficient (Wildman–Crippen LogP) is 0.0523. The fourth-order valence-electron chi connectivity index (χ4n) is 2.08. The lowest BCUT2D eigenvalue weighted by Gasteiger charge is -2.19. The topological polar surface area (TPSA) is 44.4 Å². The monoisotopic (exact) mass is 213 g/mol. The Kier molecular flexibility index (Phi) is 5.05. The van der Waals surface area contributed by atoms with Crippen molar-refractivity contribution in [2.24, 2.45) is 5.92 Å². The normalized spacial score (nSPS) is 23.1. The Balaban J connectivity index is 2.16. The second-order valence-electron chi connectivity index (χ2n) is 4.79. The van der Waals surface area contributed by atoms with Crippen LogP contribution in [-0.2, 0) is 4.79 Å². The minimum absolute atomic E-state index is 0.193. The summed E-state index contributed by atoms with van der Waals surface area (Å²) in [6.07, 6.45) is 1.81. The van der Waals surface area contributed by atoms with Crippen LogP contribution in [0.5, 0.6) is 0 Å². The summed E-state index contributed by atoms with van der Waals surface area (Å²) in [6.45, 7) is 5.00. The Hall–Kier alpha value is -0.610. The van der Waals surface area contributed by atoms with Gasteiger partial charge in [-0.15, -0.1) is 0 Å². The number of nitrogens with zero attached hydrogens (tertiary/aromatic N) is 1. The van der Waals surface area contributed by atoms with Gasteiger partial charge in [0.15, 0.2) is 0 Å². The van der Waals surface area contributed by atoms with E-state index in [1.165, 1.54) is 0 Å². The molecule has 1 aliphatic rings. The number of rotatable bonds is 5. The van der Waals surface area contributed by atoms with E-state index >= 15 is 0 Å². The third-order valence-corrected chi connectivity index (χ3v) is 2.68. The van der Waals surface area contributed by atoms with E-state index in [4.69, 9.17) is 0 Å². The first kappa shape index (κ1) is 12.5. The first-order valence-corrected chi connectivity index (χ1v) is 5.72. The number of hydrogen-bond donors (Lipinski definition) is 2. The van der Waals surface area contributed by atoms with Crippen LogP contribution in [-0.4, -0.2) is 50.6 Å². The summed E-state index contributed by atoms with van der Waals surface area (Å²) in [6, 6.07) is 0.238. The molecule has 0 aromatic carbocycles. The molecule has 2 unspecified atom stereocenters. The Morgan fingerprint density at radius 3 is 2.87 bits per heavy atom.